The number of hydrogen-bond acceptors (Lipinski definition) is 6. The number of carbonyl (C=O) groups is 3. The molecule has 0 aromatic heterocycles. The lowest BCUT2D eigenvalue weighted by Gasteiger charge is -2.38. The van der Waals surface area contributed by atoms with E-state index in [-0.39, 0.29) is 19.1 Å². The summed E-state index contributed by atoms with van der Waals surface area (Å²) in [5.41, 5.74) is -1.03. The Bertz CT molecular complexity index is 772. The van der Waals surface area contributed by atoms with Crippen LogP contribution in [0.2, 0.25) is 0 Å². The topological polar surface area (TPSA) is 90.9 Å². The standard InChI is InChI=1S/C23H29NO6/c1-4-7-17-8-6-13-23(15-17,22(27)24-16-20(25)29-14-5-2)30-21(26)18-9-11-19(28-3)12-10-18/h4-5,9-12,17H,1-2,6-8,13-16H2,3H3,(H,24,27). The molecule has 7 heteroatoms. The first-order chi connectivity index (χ1) is 14.4. The summed E-state index contributed by atoms with van der Waals surface area (Å²) in [7, 11) is 1.54. The highest BCUT2D eigenvalue weighted by Gasteiger charge is 2.46. The number of benzene rings is 1. The average molecular weight is 415 g/mol. The van der Waals surface area contributed by atoms with Gasteiger partial charge in [0.1, 0.15) is 18.9 Å². The Morgan fingerprint density at radius 1 is 1.20 bits per heavy atom. The third-order valence-corrected chi connectivity index (χ3v) is 5.09. The Balaban J connectivity index is 2.16. The Morgan fingerprint density at radius 3 is 2.57 bits per heavy atom. The second-order valence-electron chi connectivity index (χ2n) is 7.25. The first kappa shape index (κ1) is 23.2. The van der Waals surface area contributed by atoms with Crippen LogP contribution < -0.4 is 10.1 Å². The van der Waals surface area contributed by atoms with Crippen molar-refractivity contribution in [3.05, 3.63) is 55.1 Å². The van der Waals surface area contributed by atoms with E-state index in [4.69, 9.17) is 14.2 Å². The van der Waals surface area contributed by atoms with Crippen LogP contribution >= 0.6 is 0 Å². The second kappa shape index (κ2) is 11.2. The number of allylic oxidation sites excluding steroid dienone is 1. The molecule has 1 fully saturated rings. The Labute approximate surface area is 177 Å². The summed E-state index contributed by atoms with van der Waals surface area (Å²) < 4.78 is 15.8. The highest BCUT2D eigenvalue weighted by molar-refractivity contribution is 5.95. The minimum atomic E-state index is -1.35. The maximum atomic E-state index is 13.1. The van der Waals surface area contributed by atoms with E-state index in [9.17, 15) is 14.4 Å². The number of amides is 1. The number of hydrogen-bond donors (Lipinski definition) is 1. The lowest BCUT2D eigenvalue weighted by molar-refractivity contribution is -0.150. The van der Waals surface area contributed by atoms with Crippen LogP contribution in [0.5, 0.6) is 5.75 Å². The van der Waals surface area contributed by atoms with Gasteiger partial charge in [-0.1, -0.05) is 18.7 Å². The van der Waals surface area contributed by atoms with Crippen molar-refractivity contribution in [2.45, 2.75) is 37.7 Å². The molecule has 0 radical (unpaired) electrons. The minimum absolute atomic E-state index is 0.0632. The van der Waals surface area contributed by atoms with E-state index in [1.54, 1.807) is 30.3 Å². The van der Waals surface area contributed by atoms with Crippen LogP contribution in [0.4, 0.5) is 0 Å². The molecule has 7 nitrogen and oxygen atoms in total. The van der Waals surface area contributed by atoms with Crippen LogP contribution in [0, 0.1) is 5.92 Å². The van der Waals surface area contributed by atoms with Gasteiger partial charge in [0, 0.05) is 0 Å². The molecule has 0 aliphatic heterocycles. The summed E-state index contributed by atoms with van der Waals surface area (Å²) in [5, 5.41) is 2.57. The lowest BCUT2D eigenvalue weighted by atomic mass is 9.76. The maximum Gasteiger partial charge on any atom is 0.339 e. The highest BCUT2D eigenvalue weighted by atomic mass is 16.6. The van der Waals surface area contributed by atoms with Gasteiger partial charge in [-0.2, -0.15) is 0 Å². The Kier molecular flexibility index (Phi) is 8.65. The summed E-state index contributed by atoms with van der Waals surface area (Å²) in [6.07, 6.45) is 6.36. The van der Waals surface area contributed by atoms with Crippen molar-refractivity contribution in [3.8, 4) is 5.75 Å². The normalized spacial score (nSPS) is 20.5. The van der Waals surface area contributed by atoms with Gasteiger partial charge in [-0.05, 0) is 62.3 Å². The molecule has 1 amide bonds. The molecule has 0 heterocycles. The fourth-order valence-electron chi connectivity index (χ4n) is 3.61. The fourth-order valence-corrected chi connectivity index (χ4v) is 3.61. The summed E-state index contributed by atoms with van der Waals surface area (Å²) in [5.74, 6) is -0.896. The van der Waals surface area contributed by atoms with Crippen LogP contribution in [0.25, 0.3) is 0 Å². The number of esters is 2. The largest absolute Gasteiger partial charge is 0.497 e. The quantitative estimate of drug-likeness (QED) is 0.466. The predicted molar refractivity (Wildman–Crippen MR) is 112 cm³/mol. The van der Waals surface area contributed by atoms with E-state index in [2.05, 4.69) is 18.5 Å². The molecule has 2 atom stereocenters. The number of carbonyl (C=O) groups excluding carboxylic acids is 3. The van der Waals surface area contributed by atoms with E-state index >= 15 is 0 Å². The zero-order valence-corrected chi connectivity index (χ0v) is 17.4. The molecule has 1 N–H and O–H groups in total. The molecule has 1 aliphatic carbocycles. The third kappa shape index (κ3) is 6.20. The van der Waals surface area contributed by atoms with Crippen LogP contribution in [0.3, 0.4) is 0 Å². The molecule has 0 saturated heterocycles. The van der Waals surface area contributed by atoms with Crippen LogP contribution in [-0.2, 0) is 19.1 Å². The molecule has 2 unspecified atom stereocenters. The van der Waals surface area contributed by atoms with E-state index in [1.165, 1.54) is 13.2 Å². The molecule has 0 bridgehead atoms. The monoisotopic (exact) mass is 415 g/mol. The van der Waals surface area contributed by atoms with E-state index in [0.29, 0.717) is 24.2 Å². The maximum absolute atomic E-state index is 13.1. The van der Waals surface area contributed by atoms with E-state index < -0.39 is 23.4 Å². The molecule has 0 spiro atoms. The zero-order chi connectivity index (χ0) is 22.0. The van der Waals surface area contributed by atoms with Crippen LogP contribution in [0.1, 0.15) is 42.5 Å². The third-order valence-electron chi connectivity index (χ3n) is 5.09. The molecular formula is C23H29NO6. The molecular weight excluding hydrogens is 386 g/mol. The van der Waals surface area contributed by atoms with Crippen molar-refractivity contribution in [3.63, 3.8) is 0 Å². The lowest BCUT2D eigenvalue weighted by Crippen LogP contribution is -2.53. The summed E-state index contributed by atoms with van der Waals surface area (Å²) in [6, 6.07) is 6.48. The van der Waals surface area contributed by atoms with Gasteiger partial charge >= 0.3 is 11.9 Å². The fraction of sp³-hybridized carbons (Fsp3) is 0.435. The van der Waals surface area contributed by atoms with E-state index in [0.717, 1.165) is 19.3 Å². The van der Waals surface area contributed by atoms with Gasteiger partial charge in [0.15, 0.2) is 5.60 Å². The molecule has 162 valence electrons. The first-order valence-electron chi connectivity index (χ1n) is 9.97. The molecule has 30 heavy (non-hydrogen) atoms. The second-order valence-corrected chi connectivity index (χ2v) is 7.25. The van der Waals surface area contributed by atoms with Crippen LogP contribution in [-0.4, -0.2) is 43.7 Å². The Hall–Kier alpha value is -3.09. The zero-order valence-electron chi connectivity index (χ0n) is 17.4. The van der Waals surface area contributed by atoms with Gasteiger partial charge in [-0.25, -0.2) is 4.79 Å². The van der Waals surface area contributed by atoms with Gasteiger partial charge in [-0.3, -0.25) is 9.59 Å². The SMILES string of the molecule is C=CCOC(=O)CNC(=O)C1(OC(=O)c2ccc(OC)cc2)CCCC(CC=C)C1. The first-order valence-corrected chi connectivity index (χ1v) is 9.97. The molecule has 2 rings (SSSR count). The summed E-state index contributed by atoms with van der Waals surface area (Å²) >= 11 is 0. The molecule has 1 saturated carbocycles. The average Bonchev–Trinajstić information content (AvgIpc) is 2.76. The van der Waals surface area contributed by atoms with Gasteiger partial charge in [0.2, 0.25) is 0 Å². The molecule has 1 aromatic carbocycles. The number of rotatable bonds is 10. The van der Waals surface area contributed by atoms with Gasteiger partial charge in [0.25, 0.3) is 5.91 Å². The van der Waals surface area contributed by atoms with Crippen molar-refractivity contribution < 1.29 is 28.6 Å². The Morgan fingerprint density at radius 2 is 1.93 bits per heavy atom. The predicted octanol–water partition coefficient (Wildman–Crippen LogP) is 3.20. The van der Waals surface area contributed by atoms with Crippen molar-refractivity contribution in [2.75, 3.05) is 20.3 Å². The van der Waals surface area contributed by atoms with Crippen molar-refractivity contribution in [2.24, 2.45) is 5.92 Å². The number of methoxy groups -OCH3 is 1. The molecule has 1 aromatic rings. The number of ether oxygens (including phenoxy) is 3. The van der Waals surface area contributed by atoms with Crippen LogP contribution in [0.15, 0.2) is 49.6 Å². The van der Waals surface area contributed by atoms with Crippen molar-refractivity contribution in [1.29, 1.82) is 0 Å². The summed E-state index contributed by atoms with van der Waals surface area (Å²) in [6.45, 7) is 7.00. The smallest absolute Gasteiger partial charge is 0.339 e. The van der Waals surface area contributed by atoms with Gasteiger partial charge in [0.05, 0.1) is 12.7 Å². The van der Waals surface area contributed by atoms with Gasteiger partial charge in [-0.15, -0.1) is 6.58 Å². The van der Waals surface area contributed by atoms with E-state index in [1.807, 2.05) is 0 Å². The molecule has 1 aliphatic rings. The number of nitrogens with one attached hydrogen (secondary N) is 1. The van der Waals surface area contributed by atoms with Crippen molar-refractivity contribution >= 4 is 17.8 Å². The van der Waals surface area contributed by atoms with Crippen molar-refractivity contribution in [1.82, 2.24) is 5.32 Å². The highest BCUT2D eigenvalue weighted by Crippen LogP contribution is 2.38. The minimum Gasteiger partial charge on any atom is -0.497 e. The van der Waals surface area contributed by atoms with Gasteiger partial charge < -0.3 is 19.5 Å². The summed E-state index contributed by atoms with van der Waals surface area (Å²) in [4.78, 5) is 37.6.